The van der Waals surface area contributed by atoms with Gasteiger partial charge in [0, 0.05) is 43.9 Å². The average Bonchev–Trinajstić information content (AvgIpc) is 3.02. The predicted octanol–water partition coefficient (Wildman–Crippen LogP) is 3.43. The van der Waals surface area contributed by atoms with Crippen molar-refractivity contribution in [3.05, 3.63) is 82.7 Å². The van der Waals surface area contributed by atoms with Crippen LogP contribution in [0.1, 0.15) is 39.3 Å². The molecule has 0 spiro atoms. The van der Waals surface area contributed by atoms with Crippen LogP contribution in [0.3, 0.4) is 0 Å². The van der Waals surface area contributed by atoms with Gasteiger partial charge in [-0.25, -0.2) is 0 Å². The molecule has 2 heterocycles. The number of aryl methyl sites for hydroxylation is 2. The maximum Gasteiger partial charge on any atom is 0.253 e. The van der Waals surface area contributed by atoms with Crippen LogP contribution in [0.4, 0.5) is 0 Å². The number of hydrogen-bond donors (Lipinski definition) is 0. The minimum atomic E-state index is -0.0354. The molecule has 0 saturated carbocycles. The number of benzene rings is 2. The van der Waals surface area contributed by atoms with Gasteiger partial charge in [0.15, 0.2) is 0 Å². The summed E-state index contributed by atoms with van der Waals surface area (Å²) in [7, 11) is 1.63. The van der Waals surface area contributed by atoms with E-state index < -0.39 is 0 Å². The summed E-state index contributed by atoms with van der Waals surface area (Å²) < 4.78 is 7.16. The third-order valence-electron chi connectivity index (χ3n) is 6.04. The van der Waals surface area contributed by atoms with E-state index in [9.17, 15) is 9.59 Å². The van der Waals surface area contributed by atoms with Crippen molar-refractivity contribution >= 4 is 11.8 Å². The van der Waals surface area contributed by atoms with Gasteiger partial charge in [-0.15, -0.1) is 0 Å². The van der Waals surface area contributed by atoms with E-state index in [1.165, 1.54) is 0 Å². The van der Waals surface area contributed by atoms with E-state index in [2.05, 4.69) is 11.2 Å². The van der Waals surface area contributed by atoms with Crippen molar-refractivity contribution in [2.24, 2.45) is 0 Å². The maximum absolute atomic E-state index is 13.1. The Balaban J connectivity index is 1.37. The minimum absolute atomic E-state index is 0.0354. The van der Waals surface area contributed by atoms with Crippen molar-refractivity contribution in [2.45, 2.75) is 33.4 Å². The molecular weight excluding hydrogens is 416 g/mol. The van der Waals surface area contributed by atoms with Gasteiger partial charge in [0.05, 0.1) is 19.3 Å². The molecule has 1 saturated heterocycles. The minimum Gasteiger partial charge on any atom is -0.497 e. The van der Waals surface area contributed by atoms with E-state index in [0.29, 0.717) is 44.7 Å². The maximum atomic E-state index is 13.1. The SMILES string of the molecule is COc1ccc(CN2CCN(C(=O)c3ccc(Cn4nc(C)cc4C)cc3)CCC2=O)cc1. The Morgan fingerprint density at radius 3 is 2.24 bits per heavy atom. The van der Waals surface area contributed by atoms with Gasteiger partial charge in [0.25, 0.3) is 5.91 Å². The molecule has 0 aliphatic carbocycles. The summed E-state index contributed by atoms with van der Waals surface area (Å²) in [6.07, 6.45) is 0.331. The molecule has 0 unspecified atom stereocenters. The number of carbonyl (C=O) groups is 2. The van der Waals surface area contributed by atoms with Crippen molar-refractivity contribution in [1.29, 1.82) is 0 Å². The molecule has 0 N–H and O–H groups in total. The van der Waals surface area contributed by atoms with E-state index >= 15 is 0 Å². The molecule has 4 rings (SSSR count). The van der Waals surface area contributed by atoms with E-state index in [0.717, 1.165) is 28.3 Å². The zero-order valence-electron chi connectivity index (χ0n) is 19.5. The van der Waals surface area contributed by atoms with Gasteiger partial charge >= 0.3 is 0 Å². The van der Waals surface area contributed by atoms with Gasteiger partial charge < -0.3 is 14.5 Å². The van der Waals surface area contributed by atoms with Gasteiger partial charge in [0.2, 0.25) is 5.91 Å². The molecule has 3 aromatic rings. The molecule has 0 atom stereocenters. The molecule has 2 amide bonds. The number of methoxy groups -OCH3 is 1. The zero-order valence-corrected chi connectivity index (χ0v) is 19.5. The van der Waals surface area contributed by atoms with Crippen molar-refractivity contribution in [1.82, 2.24) is 19.6 Å². The highest BCUT2D eigenvalue weighted by Crippen LogP contribution is 2.17. The van der Waals surface area contributed by atoms with Crippen LogP contribution in [0.5, 0.6) is 5.75 Å². The average molecular weight is 447 g/mol. The number of amides is 2. The second-order valence-electron chi connectivity index (χ2n) is 8.49. The van der Waals surface area contributed by atoms with Crippen molar-refractivity contribution < 1.29 is 14.3 Å². The fourth-order valence-corrected chi connectivity index (χ4v) is 4.13. The molecule has 0 radical (unpaired) electrons. The summed E-state index contributed by atoms with van der Waals surface area (Å²) in [4.78, 5) is 29.3. The summed E-state index contributed by atoms with van der Waals surface area (Å²) in [6.45, 7) is 6.70. The Kier molecular flexibility index (Phi) is 6.77. The van der Waals surface area contributed by atoms with Gasteiger partial charge in [-0.3, -0.25) is 14.3 Å². The first-order chi connectivity index (χ1) is 15.9. The molecule has 1 aliphatic rings. The van der Waals surface area contributed by atoms with Gasteiger partial charge in [-0.2, -0.15) is 5.10 Å². The number of rotatable bonds is 6. The fourth-order valence-electron chi connectivity index (χ4n) is 4.13. The highest BCUT2D eigenvalue weighted by atomic mass is 16.5. The molecule has 7 nitrogen and oxygen atoms in total. The molecule has 7 heteroatoms. The molecule has 33 heavy (non-hydrogen) atoms. The lowest BCUT2D eigenvalue weighted by molar-refractivity contribution is -0.130. The Hall–Kier alpha value is -3.61. The molecule has 172 valence electrons. The van der Waals surface area contributed by atoms with Crippen LogP contribution >= 0.6 is 0 Å². The largest absolute Gasteiger partial charge is 0.497 e. The van der Waals surface area contributed by atoms with Gasteiger partial charge in [-0.1, -0.05) is 24.3 Å². The monoisotopic (exact) mass is 446 g/mol. The lowest BCUT2D eigenvalue weighted by Crippen LogP contribution is -2.35. The van der Waals surface area contributed by atoms with Crippen LogP contribution in [0.15, 0.2) is 54.6 Å². The van der Waals surface area contributed by atoms with Gasteiger partial charge in [0.1, 0.15) is 5.75 Å². The number of ether oxygens (including phenoxy) is 1. The summed E-state index contributed by atoms with van der Waals surface area (Å²) >= 11 is 0. The van der Waals surface area contributed by atoms with E-state index in [1.54, 1.807) is 12.0 Å². The van der Waals surface area contributed by atoms with Gasteiger partial charge in [-0.05, 0) is 55.3 Å². The first-order valence-corrected chi connectivity index (χ1v) is 11.2. The van der Waals surface area contributed by atoms with Crippen LogP contribution in [0.2, 0.25) is 0 Å². The number of carbonyl (C=O) groups excluding carboxylic acids is 2. The summed E-state index contributed by atoms with van der Waals surface area (Å²) in [6, 6.07) is 17.5. The standard InChI is InChI=1S/C26H30N4O3/c1-19-16-20(2)30(27-19)18-22-4-8-23(9-5-22)26(32)28-13-12-25(31)29(15-14-28)17-21-6-10-24(33-3)11-7-21/h4-11,16H,12-15,17-18H2,1-3H3. The third kappa shape index (κ3) is 5.42. The molecule has 1 aromatic heterocycles. The van der Waals surface area contributed by atoms with Crippen molar-refractivity contribution in [2.75, 3.05) is 26.7 Å². The highest BCUT2D eigenvalue weighted by Gasteiger charge is 2.24. The lowest BCUT2D eigenvalue weighted by atomic mass is 10.1. The Morgan fingerprint density at radius 2 is 1.61 bits per heavy atom. The van der Waals surface area contributed by atoms with Crippen LogP contribution < -0.4 is 4.74 Å². The van der Waals surface area contributed by atoms with Crippen molar-refractivity contribution in [3.8, 4) is 5.75 Å². The van der Waals surface area contributed by atoms with Crippen LogP contribution in [-0.2, 0) is 17.9 Å². The molecule has 1 fully saturated rings. The third-order valence-corrected chi connectivity index (χ3v) is 6.04. The zero-order chi connectivity index (χ0) is 23.4. The number of nitrogens with zero attached hydrogens (tertiary/aromatic N) is 4. The first-order valence-electron chi connectivity index (χ1n) is 11.2. The Labute approximate surface area is 194 Å². The summed E-state index contributed by atoms with van der Waals surface area (Å²) in [5.41, 5.74) is 4.89. The van der Waals surface area contributed by atoms with Crippen molar-refractivity contribution in [3.63, 3.8) is 0 Å². The Morgan fingerprint density at radius 1 is 0.939 bits per heavy atom. The molecule has 1 aliphatic heterocycles. The topological polar surface area (TPSA) is 67.7 Å². The van der Waals surface area contributed by atoms with Crippen LogP contribution in [-0.4, -0.2) is 58.1 Å². The molecule has 0 bridgehead atoms. The first kappa shape index (κ1) is 22.6. The molecule has 2 aromatic carbocycles. The van der Waals surface area contributed by atoms with Crippen LogP contribution in [0, 0.1) is 13.8 Å². The quantitative estimate of drug-likeness (QED) is 0.582. The predicted molar refractivity (Wildman–Crippen MR) is 126 cm³/mol. The van der Waals surface area contributed by atoms with E-state index in [1.807, 2.05) is 72.0 Å². The van der Waals surface area contributed by atoms with Crippen LogP contribution in [0.25, 0.3) is 0 Å². The second-order valence-corrected chi connectivity index (χ2v) is 8.49. The number of aromatic nitrogens is 2. The van der Waals surface area contributed by atoms with E-state index in [-0.39, 0.29) is 11.8 Å². The smallest absolute Gasteiger partial charge is 0.253 e. The molecular formula is C26H30N4O3. The number of hydrogen-bond acceptors (Lipinski definition) is 4. The summed E-state index contributed by atoms with van der Waals surface area (Å²) in [5, 5.41) is 4.50. The highest BCUT2D eigenvalue weighted by molar-refractivity contribution is 5.94. The summed E-state index contributed by atoms with van der Waals surface area (Å²) in [5.74, 6) is 0.826. The van der Waals surface area contributed by atoms with E-state index in [4.69, 9.17) is 4.74 Å². The normalized spacial score (nSPS) is 14.3. The fraction of sp³-hybridized carbons (Fsp3) is 0.346. The lowest BCUT2D eigenvalue weighted by Gasteiger charge is -2.22. The Bertz CT molecular complexity index is 1120. The second kappa shape index (κ2) is 9.90.